The Morgan fingerprint density at radius 3 is 0.873 bits per heavy atom. The molecular weight excluding hydrogens is 1780 g/mol. The first-order valence-electron chi connectivity index (χ1n) is 43.8. The first kappa shape index (κ1) is 111. The zero-order valence-corrected chi connectivity index (χ0v) is 88.4. The Bertz CT molecular complexity index is 5700. The van der Waals surface area contributed by atoms with Crippen LogP contribution in [0.5, 0.6) is 34.5 Å². The summed E-state index contributed by atoms with van der Waals surface area (Å²) in [6.07, 6.45) is 11.4. The SMILES string of the molecule is CN=Cc1ccccc1Pc1cc(C(C)(C)C)cc(C)c1OCOC.CN=Cc1ccccc1Pc1cc(C)cc(C(C)(C)C)c1OCOC.CN=Cc1ccccc1Pc1cc(C)cc(C)c1OCOC.CN=Cc1ccccc1Pc1cc(C)ccc1OCOC.CN=Cc1ccccc1Pc1cccc(C)c1OCOC.CN=Cc1ccccc1Pc1ccccc1OCOC. The number of aryl methyl sites for hydroxylation is 6. The minimum atomic E-state index is -0.00127. The highest BCUT2D eigenvalue weighted by Crippen LogP contribution is 2.37. The topological polar surface area (TPSA) is 185 Å². The molecule has 18 nitrogen and oxygen atoms in total. The third-order valence-electron chi connectivity index (χ3n) is 19.8. The van der Waals surface area contributed by atoms with Gasteiger partial charge in [-0.25, -0.2) is 0 Å². The second kappa shape index (κ2) is 60.3. The number of benzene rings is 12. The second-order valence-electron chi connectivity index (χ2n) is 32.7. The van der Waals surface area contributed by atoms with Crippen LogP contribution in [0.15, 0.2) is 273 Å². The van der Waals surface area contributed by atoms with Crippen molar-refractivity contribution in [2.24, 2.45) is 30.0 Å². The van der Waals surface area contributed by atoms with Crippen molar-refractivity contribution in [3.05, 3.63) is 321 Å². The van der Waals surface area contributed by atoms with E-state index in [0.717, 1.165) is 84.6 Å². The second-order valence-corrected chi connectivity index (χ2v) is 40.6. The molecular formula is C110H136N6O12P6. The van der Waals surface area contributed by atoms with Crippen LogP contribution in [-0.4, -0.2) is 163 Å². The third kappa shape index (κ3) is 36.8. The summed E-state index contributed by atoms with van der Waals surface area (Å²) in [5, 5.41) is 14.7. The summed E-state index contributed by atoms with van der Waals surface area (Å²) in [4.78, 5) is 24.9. The van der Waals surface area contributed by atoms with Crippen molar-refractivity contribution in [3.63, 3.8) is 0 Å². The highest BCUT2D eigenvalue weighted by atomic mass is 31.1. The van der Waals surface area contributed by atoms with Gasteiger partial charge >= 0.3 is 0 Å². The van der Waals surface area contributed by atoms with Crippen LogP contribution in [0, 0.1) is 41.5 Å². The number of nitrogens with zero attached hydrogens (tertiary/aromatic N) is 6. The van der Waals surface area contributed by atoms with Gasteiger partial charge in [0, 0.05) is 160 Å². The molecule has 0 bridgehead atoms. The lowest BCUT2D eigenvalue weighted by molar-refractivity contribution is 0.0505. The summed E-state index contributed by atoms with van der Waals surface area (Å²) in [6, 6.07) is 83.8. The summed E-state index contributed by atoms with van der Waals surface area (Å²) in [5.74, 6) is 5.47. The van der Waals surface area contributed by atoms with E-state index < -0.39 is 0 Å². The summed E-state index contributed by atoms with van der Waals surface area (Å²) in [5.41, 5.74) is 16.7. The Labute approximate surface area is 808 Å². The number of rotatable bonds is 36. The van der Waals surface area contributed by atoms with Gasteiger partial charge in [0.15, 0.2) is 40.8 Å². The monoisotopic (exact) mass is 1920 g/mol. The summed E-state index contributed by atoms with van der Waals surface area (Å²) in [7, 11) is 23.7. The fourth-order valence-corrected chi connectivity index (χ4v) is 21.7. The highest BCUT2D eigenvalue weighted by molar-refractivity contribution is 7.57. The van der Waals surface area contributed by atoms with Gasteiger partial charge in [0.2, 0.25) is 0 Å². The van der Waals surface area contributed by atoms with Crippen LogP contribution in [0.2, 0.25) is 0 Å². The summed E-state index contributed by atoms with van der Waals surface area (Å²) >= 11 is 0. The van der Waals surface area contributed by atoms with Gasteiger partial charge in [-0.3, -0.25) is 30.0 Å². The van der Waals surface area contributed by atoms with Gasteiger partial charge in [0.05, 0.1) is 0 Å². The summed E-state index contributed by atoms with van der Waals surface area (Å²) < 4.78 is 65.1. The van der Waals surface area contributed by atoms with Crippen molar-refractivity contribution in [2.45, 2.75) is 93.9 Å². The number of para-hydroxylation sites is 2. The average molecular weight is 1920 g/mol. The van der Waals surface area contributed by atoms with Crippen LogP contribution in [0.1, 0.15) is 119 Å². The number of aliphatic imine (C=N–C) groups is 6. The van der Waals surface area contributed by atoms with Crippen LogP contribution >= 0.6 is 51.5 Å². The predicted octanol–water partition coefficient (Wildman–Crippen LogP) is 18.5. The first-order chi connectivity index (χ1) is 64.7. The molecule has 0 amide bonds. The molecule has 0 aliphatic carbocycles. The molecule has 6 unspecified atom stereocenters. The molecule has 0 saturated heterocycles. The normalized spacial score (nSPS) is 11.9. The quantitative estimate of drug-likeness (QED) is 0.0206. The van der Waals surface area contributed by atoms with Crippen LogP contribution < -0.4 is 92.1 Å². The number of hydrogen-bond donors (Lipinski definition) is 0. The lowest BCUT2D eigenvalue weighted by atomic mass is 9.85. The molecule has 0 aliphatic heterocycles. The molecule has 0 aliphatic rings. The van der Waals surface area contributed by atoms with Gasteiger partial charge < -0.3 is 56.8 Å². The van der Waals surface area contributed by atoms with E-state index >= 15 is 0 Å². The van der Waals surface area contributed by atoms with E-state index in [2.05, 4.69) is 289 Å². The zero-order chi connectivity index (χ0) is 97.2. The van der Waals surface area contributed by atoms with Gasteiger partial charge in [0.25, 0.3) is 0 Å². The molecule has 0 heterocycles. The van der Waals surface area contributed by atoms with Crippen molar-refractivity contribution < 1.29 is 56.8 Å². The maximum atomic E-state index is 6.02. The van der Waals surface area contributed by atoms with Crippen LogP contribution in [0.25, 0.3) is 0 Å². The van der Waals surface area contributed by atoms with Crippen LogP contribution in [-0.2, 0) is 39.3 Å². The highest BCUT2D eigenvalue weighted by Gasteiger charge is 2.25. The molecule has 6 atom stereocenters. The van der Waals surface area contributed by atoms with Crippen molar-refractivity contribution in [1.29, 1.82) is 0 Å². The molecule has 708 valence electrons. The Kier molecular flexibility index (Phi) is 49.9. The van der Waals surface area contributed by atoms with Gasteiger partial charge in [-0.2, -0.15) is 0 Å². The average Bonchev–Trinajstić information content (AvgIpc) is 0.793. The van der Waals surface area contributed by atoms with E-state index in [1.54, 1.807) is 84.9 Å². The molecule has 0 N–H and O–H groups in total. The standard InChI is InChI=1S/2C21H28NO2P.C18H22NO2P.2C17H20NO2P.C16H18NO2P/c1-15-11-17(21(2,3)4)12-19(20(15)24-14-23-6)25-18-10-8-7-9-16(18)13-22-5;1-15-11-17(21(2,3)4)20(24-14-23-6)19(12-15)25-18-10-8-7-9-16(18)13-22-5;1-13-9-14(2)18(21-12-20-4)17(10-13)22-16-8-6-5-7-15(16)11-19-3;1-13-7-6-10-16(17(13)20-12-19-3)21-15-9-5-4-8-14(15)11-18-2;1-13-8-9-15(20-12-19-3)17(10-13)21-16-7-5-4-6-14(16)11-18-2;1-17-11-13-7-3-5-9-15(13)20-16-10-6-4-8-14(16)19-12-18-2/h2*7-13,25H,14H2,1-6H3;5-11,22H,12H2,1-4H3;2*4-11,21H,12H2,1-3H3;3-11,20H,12H2,1-2H3. The maximum Gasteiger partial charge on any atom is 0.188 e. The van der Waals surface area contributed by atoms with Crippen LogP contribution in [0.3, 0.4) is 0 Å². The predicted molar refractivity (Wildman–Crippen MR) is 585 cm³/mol. The Hall–Kier alpha value is -10.2. The molecule has 12 aromatic rings. The van der Waals surface area contributed by atoms with E-state index in [1.165, 1.54) is 91.5 Å². The molecule has 0 saturated carbocycles. The fourth-order valence-electron chi connectivity index (χ4n) is 13.6. The van der Waals surface area contributed by atoms with Gasteiger partial charge in [-0.05, 0) is 187 Å². The van der Waals surface area contributed by atoms with Gasteiger partial charge in [0.1, 0.15) is 34.5 Å². The van der Waals surface area contributed by atoms with E-state index in [-0.39, 0.29) is 51.6 Å². The van der Waals surface area contributed by atoms with Crippen LogP contribution in [0.4, 0.5) is 0 Å². The molecule has 0 fully saturated rings. The van der Waals surface area contributed by atoms with E-state index in [1.807, 2.05) is 104 Å². The van der Waals surface area contributed by atoms with Gasteiger partial charge in [-0.1, -0.05) is 305 Å². The van der Waals surface area contributed by atoms with E-state index in [0.29, 0.717) is 51.5 Å². The lowest BCUT2D eigenvalue weighted by Gasteiger charge is -2.26. The molecule has 0 spiro atoms. The Balaban J connectivity index is 0.000000220. The molecule has 0 radical (unpaired) electrons. The maximum absolute atomic E-state index is 6.02. The molecule has 12 aromatic carbocycles. The first-order valence-corrected chi connectivity index (χ1v) is 49.8. The van der Waals surface area contributed by atoms with Crippen molar-refractivity contribution >= 4 is 152 Å². The van der Waals surface area contributed by atoms with Gasteiger partial charge in [-0.15, -0.1) is 0 Å². The minimum absolute atomic E-state index is 0.00127. The van der Waals surface area contributed by atoms with Crippen molar-refractivity contribution in [3.8, 4) is 34.5 Å². The molecule has 12 rings (SSSR count). The molecule has 134 heavy (non-hydrogen) atoms. The minimum Gasteiger partial charge on any atom is -0.467 e. The van der Waals surface area contributed by atoms with Crippen molar-refractivity contribution in [1.82, 2.24) is 0 Å². The third-order valence-corrected chi connectivity index (χ3v) is 28.0. The number of methoxy groups -OCH3 is 6. The lowest BCUT2D eigenvalue weighted by Crippen LogP contribution is -2.20. The smallest absolute Gasteiger partial charge is 0.188 e. The Morgan fingerprint density at radius 1 is 0.231 bits per heavy atom. The Morgan fingerprint density at radius 2 is 0.507 bits per heavy atom. The summed E-state index contributed by atoms with van der Waals surface area (Å²) in [6.45, 7) is 27.5. The molecule has 0 aromatic heterocycles. The fraction of sp³-hybridized carbons (Fsp3) is 0.291. The molecule has 24 heteroatoms. The zero-order valence-electron chi connectivity index (χ0n) is 82.4. The number of hydrogen-bond acceptors (Lipinski definition) is 18. The largest absolute Gasteiger partial charge is 0.467 e. The van der Waals surface area contributed by atoms with Crippen molar-refractivity contribution in [2.75, 3.05) is 126 Å². The van der Waals surface area contributed by atoms with E-state index in [9.17, 15) is 0 Å². The number of ether oxygens (including phenoxy) is 12. The van der Waals surface area contributed by atoms with E-state index in [4.69, 9.17) is 56.8 Å².